The molecule has 68 valence electrons. The van der Waals surface area contributed by atoms with Crippen LogP contribution in [-0.4, -0.2) is 16.4 Å². The van der Waals surface area contributed by atoms with Crippen molar-refractivity contribution >= 4 is 32.4 Å². The second-order valence-corrected chi connectivity index (χ2v) is 4.75. The first kappa shape index (κ1) is 9.99. The van der Waals surface area contributed by atoms with Gasteiger partial charge in [0.15, 0.2) is 5.13 Å². The highest BCUT2D eigenvalue weighted by molar-refractivity contribution is 9.09. The first-order chi connectivity index (χ1) is 5.83. The summed E-state index contributed by atoms with van der Waals surface area (Å²) < 4.78 is 0. The number of rotatable bonds is 5. The summed E-state index contributed by atoms with van der Waals surface area (Å²) in [5, 5.41) is 6.27. The van der Waals surface area contributed by atoms with Gasteiger partial charge in [0.2, 0.25) is 0 Å². The minimum Gasteiger partial charge on any atom is -0.361 e. The van der Waals surface area contributed by atoms with Crippen LogP contribution in [0.15, 0.2) is 11.6 Å². The van der Waals surface area contributed by atoms with Crippen molar-refractivity contribution in [1.29, 1.82) is 0 Å². The van der Waals surface area contributed by atoms with Crippen LogP contribution in [0, 0.1) is 0 Å². The molecule has 1 rings (SSSR count). The van der Waals surface area contributed by atoms with Crippen molar-refractivity contribution in [3.8, 4) is 0 Å². The van der Waals surface area contributed by atoms with E-state index in [1.54, 1.807) is 11.3 Å². The number of hydrogen-bond donors (Lipinski definition) is 1. The Balaban J connectivity index is 2.11. The fourth-order valence-corrected chi connectivity index (χ4v) is 1.64. The Morgan fingerprint density at radius 3 is 3.17 bits per heavy atom. The van der Waals surface area contributed by atoms with Crippen LogP contribution in [0.2, 0.25) is 0 Å². The van der Waals surface area contributed by atoms with E-state index in [1.807, 2.05) is 11.6 Å². The van der Waals surface area contributed by atoms with Crippen LogP contribution in [0.1, 0.15) is 19.8 Å². The third kappa shape index (κ3) is 3.54. The van der Waals surface area contributed by atoms with Crippen molar-refractivity contribution in [1.82, 2.24) is 4.98 Å². The Morgan fingerprint density at radius 1 is 1.75 bits per heavy atom. The SMILES string of the molecule is CCC(Br)CCNc1nccs1. The standard InChI is InChI=1S/C8H13BrN2S/c1-2-7(9)3-4-10-8-11-5-6-12-8/h5-7H,2-4H2,1H3,(H,10,11). The van der Waals surface area contributed by atoms with Crippen LogP contribution in [0.4, 0.5) is 5.13 Å². The van der Waals surface area contributed by atoms with Gasteiger partial charge in [-0.05, 0) is 12.8 Å². The Bertz CT molecular complexity index is 201. The van der Waals surface area contributed by atoms with E-state index in [1.165, 1.54) is 6.42 Å². The van der Waals surface area contributed by atoms with Crippen LogP contribution in [0.25, 0.3) is 0 Å². The van der Waals surface area contributed by atoms with E-state index in [0.29, 0.717) is 4.83 Å². The number of anilines is 1. The van der Waals surface area contributed by atoms with Crippen LogP contribution in [-0.2, 0) is 0 Å². The number of halogens is 1. The van der Waals surface area contributed by atoms with Gasteiger partial charge in [-0.2, -0.15) is 0 Å². The molecule has 1 aromatic rings. The molecule has 2 nitrogen and oxygen atoms in total. The molecule has 0 aliphatic carbocycles. The lowest BCUT2D eigenvalue weighted by atomic mass is 10.2. The second kappa shape index (κ2) is 5.54. The smallest absolute Gasteiger partial charge is 0.182 e. The molecule has 1 unspecified atom stereocenters. The largest absolute Gasteiger partial charge is 0.361 e. The number of nitrogens with zero attached hydrogens (tertiary/aromatic N) is 1. The van der Waals surface area contributed by atoms with Crippen molar-refractivity contribution in [2.75, 3.05) is 11.9 Å². The topological polar surface area (TPSA) is 24.9 Å². The average molecular weight is 249 g/mol. The van der Waals surface area contributed by atoms with E-state index in [-0.39, 0.29) is 0 Å². The summed E-state index contributed by atoms with van der Waals surface area (Å²) in [6.07, 6.45) is 4.15. The maximum absolute atomic E-state index is 4.13. The van der Waals surface area contributed by atoms with Crippen molar-refractivity contribution in [2.45, 2.75) is 24.6 Å². The molecule has 0 saturated carbocycles. The Labute approximate surface area is 85.5 Å². The molecular formula is C8H13BrN2S. The third-order valence-electron chi connectivity index (χ3n) is 1.61. The quantitative estimate of drug-likeness (QED) is 0.811. The number of aromatic nitrogens is 1. The van der Waals surface area contributed by atoms with E-state index in [9.17, 15) is 0 Å². The normalized spacial score (nSPS) is 12.8. The molecule has 0 bridgehead atoms. The highest BCUT2D eigenvalue weighted by Crippen LogP contribution is 2.12. The van der Waals surface area contributed by atoms with E-state index >= 15 is 0 Å². The lowest BCUT2D eigenvalue weighted by Crippen LogP contribution is -2.07. The molecular weight excluding hydrogens is 236 g/mol. The predicted molar refractivity (Wildman–Crippen MR) is 58.2 cm³/mol. The van der Waals surface area contributed by atoms with Gasteiger partial charge in [0.1, 0.15) is 0 Å². The minimum atomic E-state index is 0.630. The van der Waals surface area contributed by atoms with Crippen molar-refractivity contribution in [3.63, 3.8) is 0 Å². The van der Waals surface area contributed by atoms with E-state index in [4.69, 9.17) is 0 Å². The molecule has 4 heteroatoms. The van der Waals surface area contributed by atoms with Crippen LogP contribution >= 0.6 is 27.3 Å². The lowest BCUT2D eigenvalue weighted by Gasteiger charge is -2.06. The zero-order valence-electron chi connectivity index (χ0n) is 7.09. The van der Waals surface area contributed by atoms with Crippen molar-refractivity contribution < 1.29 is 0 Å². The van der Waals surface area contributed by atoms with Gasteiger partial charge in [-0.3, -0.25) is 0 Å². The van der Waals surface area contributed by atoms with Crippen LogP contribution < -0.4 is 5.32 Å². The summed E-state index contributed by atoms with van der Waals surface area (Å²) in [5.41, 5.74) is 0. The fourth-order valence-electron chi connectivity index (χ4n) is 0.851. The molecule has 0 aromatic carbocycles. The van der Waals surface area contributed by atoms with Crippen LogP contribution in [0.5, 0.6) is 0 Å². The van der Waals surface area contributed by atoms with Gasteiger partial charge >= 0.3 is 0 Å². The molecule has 1 atom stereocenters. The van der Waals surface area contributed by atoms with E-state index in [0.717, 1.165) is 18.1 Å². The highest BCUT2D eigenvalue weighted by atomic mass is 79.9. The zero-order chi connectivity index (χ0) is 8.81. The van der Waals surface area contributed by atoms with Gasteiger partial charge in [0.05, 0.1) is 0 Å². The van der Waals surface area contributed by atoms with Gasteiger partial charge in [-0.25, -0.2) is 4.98 Å². The summed E-state index contributed by atoms with van der Waals surface area (Å²) in [6, 6.07) is 0. The molecule has 0 spiro atoms. The van der Waals surface area contributed by atoms with Gasteiger partial charge < -0.3 is 5.32 Å². The monoisotopic (exact) mass is 248 g/mol. The molecule has 0 fully saturated rings. The summed E-state index contributed by atoms with van der Waals surface area (Å²) in [7, 11) is 0. The Hall–Kier alpha value is -0.0900. The fraction of sp³-hybridized carbons (Fsp3) is 0.625. The zero-order valence-corrected chi connectivity index (χ0v) is 9.49. The van der Waals surface area contributed by atoms with Crippen LogP contribution in [0.3, 0.4) is 0 Å². The summed E-state index contributed by atoms with van der Waals surface area (Å²) in [6.45, 7) is 3.18. The minimum absolute atomic E-state index is 0.630. The molecule has 0 amide bonds. The molecule has 0 radical (unpaired) electrons. The number of alkyl halides is 1. The van der Waals surface area contributed by atoms with E-state index < -0.39 is 0 Å². The molecule has 0 saturated heterocycles. The molecule has 0 aliphatic rings. The van der Waals surface area contributed by atoms with Gasteiger partial charge in [0, 0.05) is 22.9 Å². The van der Waals surface area contributed by atoms with Crippen molar-refractivity contribution in [2.24, 2.45) is 0 Å². The van der Waals surface area contributed by atoms with Gasteiger partial charge in [0.25, 0.3) is 0 Å². The Kier molecular flexibility index (Phi) is 4.61. The maximum Gasteiger partial charge on any atom is 0.182 e. The first-order valence-corrected chi connectivity index (χ1v) is 5.90. The molecule has 0 aliphatic heterocycles. The number of thiazole rings is 1. The summed E-state index contributed by atoms with van der Waals surface area (Å²) in [5.74, 6) is 0. The van der Waals surface area contributed by atoms with E-state index in [2.05, 4.69) is 33.2 Å². The lowest BCUT2D eigenvalue weighted by molar-refractivity contribution is 0.774. The van der Waals surface area contributed by atoms with Crippen molar-refractivity contribution in [3.05, 3.63) is 11.6 Å². The van der Waals surface area contributed by atoms with Gasteiger partial charge in [-0.1, -0.05) is 22.9 Å². The number of nitrogens with one attached hydrogen (secondary N) is 1. The molecule has 1 N–H and O–H groups in total. The Morgan fingerprint density at radius 2 is 2.58 bits per heavy atom. The first-order valence-electron chi connectivity index (χ1n) is 4.10. The summed E-state index contributed by atoms with van der Waals surface area (Å²) in [4.78, 5) is 4.76. The molecule has 1 aromatic heterocycles. The van der Waals surface area contributed by atoms with Gasteiger partial charge in [-0.15, -0.1) is 11.3 Å². The average Bonchev–Trinajstić information content (AvgIpc) is 2.57. The number of hydrogen-bond acceptors (Lipinski definition) is 3. The molecule has 12 heavy (non-hydrogen) atoms. The third-order valence-corrected chi connectivity index (χ3v) is 3.45. The molecule has 1 heterocycles. The maximum atomic E-state index is 4.13. The summed E-state index contributed by atoms with van der Waals surface area (Å²) >= 11 is 5.23. The second-order valence-electron chi connectivity index (χ2n) is 2.56. The predicted octanol–water partition coefficient (Wildman–Crippen LogP) is 3.12. The highest BCUT2D eigenvalue weighted by Gasteiger charge is 2.00.